The summed E-state index contributed by atoms with van der Waals surface area (Å²) in [6.45, 7) is 7.44. The maximum atomic E-state index is 11.7. The molecule has 2 amide bonds. The minimum Gasteiger partial charge on any atom is -0.386 e. The van der Waals surface area contributed by atoms with Crippen molar-refractivity contribution in [3.63, 3.8) is 0 Å². The molecule has 2 unspecified atom stereocenters. The molecule has 2 atom stereocenters. The van der Waals surface area contributed by atoms with E-state index in [9.17, 15) is 9.90 Å². The van der Waals surface area contributed by atoms with Gasteiger partial charge in [-0.3, -0.25) is 0 Å². The number of halogens is 1. The molecule has 0 aromatic heterocycles. The molecule has 0 saturated carbocycles. The molecular weight excluding hydrogens is 264 g/mol. The fourth-order valence-corrected chi connectivity index (χ4v) is 1.74. The first-order valence-corrected chi connectivity index (χ1v) is 6.59. The smallest absolute Gasteiger partial charge is 0.315 e. The summed E-state index contributed by atoms with van der Waals surface area (Å²) in [4.78, 5) is 11.7. The Labute approximate surface area is 119 Å². The first-order chi connectivity index (χ1) is 8.69. The molecular formula is C14H21ClN2O2. The van der Waals surface area contributed by atoms with E-state index in [1.165, 1.54) is 0 Å². The van der Waals surface area contributed by atoms with Gasteiger partial charge in [0.25, 0.3) is 0 Å². The van der Waals surface area contributed by atoms with Crippen molar-refractivity contribution in [2.24, 2.45) is 0 Å². The minimum atomic E-state index is -0.775. The van der Waals surface area contributed by atoms with E-state index in [1.807, 2.05) is 20.8 Å². The molecule has 19 heavy (non-hydrogen) atoms. The molecule has 0 radical (unpaired) electrons. The molecule has 0 fully saturated rings. The standard InChI is InChI=1S/C14H21ClN2O2/c1-9(16-13(19)17-14(2,3)4)12(18)10-5-7-11(15)8-6-10/h5-9,12,18H,1-4H3,(H2,16,17,19). The summed E-state index contributed by atoms with van der Waals surface area (Å²) in [7, 11) is 0. The number of hydrogen-bond donors (Lipinski definition) is 3. The lowest BCUT2D eigenvalue weighted by molar-refractivity contribution is 0.136. The van der Waals surface area contributed by atoms with E-state index in [0.29, 0.717) is 10.6 Å². The van der Waals surface area contributed by atoms with Crippen LogP contribution < -0.4 is 10.6 Å². The van der Waals surface area contributed by atoms with Gasteiger partial charge in [-0.2, -0.15) is 0 Å². The third kappa shape index (κ3) is 5.49. The lowest BCUT2D eigenvalue weighted by Crippen LogP contribution is -2.50. The number of benzene rings is 1. The average molecular weight is 285 g/mol. The Kier molecular flexibility index (Phi) is 5.20. The molecule has 106 valence electrons. The number of aliphatic hydroxyl groups is 1. The molecule has 0 aliphatic carbocycles. The third-order valence-electron chi connectivity index (χ3n) is 2.53. The van der Waals surface area contributed by atoms with Gasteiger partial charge in [0.15, 0.2) is 0 Å². The fraction of sp³-hybridized carbons (Fsp3) is 0.500. The highest BCUT2D eigenvalue weighted by molar-refractivity contribution is 6.30. The lowest BCUT2D eigenvalue weighted by atomic mass is 10.0. The van der Waals surface area contributed by atoms with Crippen LogP contribution in [0.3, 0.4) is 0 Å². The number of aliphatic hydroxyl groups excluding tert-OH is 1. The molecule has 0 bridgehead atoms. The summed E-state index contributed by atoms with van der Waals surface area (Å²) in [5, 5.41) is 16.3. The van der Waals surface area contributed by atoms with Crippen LogP contribution in [0.5, 0.6) is 0 Å². The van der Waals surface area contributed by atoms with Gasteiger partial charge in [-0.15, -0.1) is 0 Å². The Morgan fingerprint density at radius 2 is 1.79 bits per heavy atom. The Bertz CT molecular complexity index is 426. The summed E-state index contributed by atoms with van der Waals surface area (Å²) >= 11 is 5.79. The number of hydrogen-bond acceptors (Lipinski definition) is 2. The second kappa shape index (κ2) is 6.26. The third-order valence-corrected chi connectivity index (χ3v) is 2.78. The second-order valence-electron chi connectivity index (χ2n) is 5.63. The summed E-state index contributed by atoms with van der Waals surface area (Å²) in [6, 6.07) is 6.21. The summed E-state index contributed by atoms with van der Waals surface area (Å²) in [6.07, 6.45) is -0.775. The van der Waals surface area contributed by atoms with Crippen LogP contribution in [0.2, 0.25) is 5.02 Å². The van der Waals surface area contributed by atoms with E-state index < -0.39 is 12.1 Å². The van der Waals surface area contributed by atoms with Crippen LogP contribution in [0, 0.1) is 0 Å². The molecule has 0 saturated heterocycles. The van der Waals surface area contributed by atoms with Crippen LogP contribution in [-0.2, 0) is 0 Å². The number of amides is 2. The maximum absolute atomic E-state index is 11.7. The van der Waals surface area contributed by atoms with Gasteiger partial charge in [-0.1, -0.05) is 23.7 Å². The SMILES string of the molecule is CC(NC(=O)NC(C)(C)C)C(O)c1ccc(Cl)cc1. The summed E-state index contributed by atoms with van der Waals surface area (Å²) < 4.78 is 0. The zero-order chi connectivity index (χ0) is 14.6. The molecule has 0 aliphatic heterocycles. The number of carbonyl (C=O) groups is 1. The first-order valence-electron chi connectivity index (χ1n) is 6.21. The largest absolute Gasteiger partial charge is 0.386 e. The molecule has 0 heterocycles. The highest BCUT2D eigenvalue weighted by atomic mass is 35.5. The zero-order valence-corrected chi connectivity index (χ0v) is 12.5. The van der Waals surface area contributed by atoms with Crippen LogP contribution in [0.1, 0.15) is 39.4 Å². The van der Waals surface area contributed by atoms with E-state index in [-0.39, 0.29) is 11.6 Å². The quantitative estimate of drug-likeness (QED) is 0.799. The van der Waals surface area contributed by atoms with E-state index in [2.05, 4.69) is 10.6 Å². The van der Waals surface area contributed by atoms with Gasteiger partial charge >= 0.3 is 6.03 Å². The van der Waals surface area contributed by atoms with Crippen LogP contribution in [0.15, 0.2) is 24.3 Å². The predicted molar refractivity (Wildman–Crippen MR) is 77.3 cm³/mol. The fourth-order valence-electron chi connectivity index (χ4n) is 1.61. The molecule has 1 aromatic rings. The monoisotopic (exact) mass is 284 g/mol. The molecule has 3 N–H and O–H groups in total. The van der Waals surface area contributed by atoms with E-state index in [0.717, 1.165) is 0 Å². The van der Waals surface area contributed by atoms with Gasteiger partial charge in [-0.25, -0.2) is 4.79 Å². The molecule has 0 spiro atoms. The van der Waals surface area contributed by atoms with E-state index in [1.54, 1.807) is 31.2 Å². The number of nitrogens with one attached hydrogen (secondary N) is 2. The van der Waals surface area contributed by atoms with Gasteiger partial charge in [0, 0.05) is 10.6 Å². The van der Waals surface area contributed by atoms with Gasteiger partial charge in [0.1, 0.15) is 0 Å². The van der Waals surface area contributed by atoms with Crippen molar-refractivity contribution >= 4 is 17.6 Å². The summed E-state index contributed by atoms with van der Waals surface area (Å²) in [5.74, 6) is 0. The Morgan fingerprint density at radius 1 is 1.26 bits per heavy atom. The van der Waals surface area contributed by atoms with Gasteiger partial charge in [0.05, 0.1) is 12.1 Å². The zero-order valence-electron chi connectivity index (χ0n) is 11.7. The second-order valence-corrected chi connectivity index (χ2v) is 6.07. The van der Waals surface area contributed by atoms with Crippen LogP contribution >= 0.6 is 11.6 Å². The lowest BCUT2D eigenvalue weighted by Gasteiger charge is -2.25. The predicted octanol–water partition coefficient (Wildman–Crippen LogP) is 2.86. The van der Waals surface area contributed by atoms with Crippen molar-refractivity contribution in [2.45, 2.75) is 45.4 Å². The van der Waals surface area contributed by atoms with Crippen molar-refractivity contribution in [3.05, 3.63) is 34.9 Å². The van der Waals surface area contributed by atoms with Crippen molar-refractivity contribution in [1.29, 1.82) is 0 Å². The molecule has 5 heteroatoms. The van der Waals surface area contributed by atoms with Gasteiger partial charge in [0.2, 0.25) is 0 Å². The number of carbonyl (C=O) groups excluding carboxylic acids is 1. The molecule has 0 aliphatic rings. The van der Waals surface area contributed by atoms with E-state index >= 15 is 0 Å². The van der Waals surface area contributed by atoms with Crippen molar-refractivity contribution in [2.75, 3.05) is 0 Å². The Balaban J connectivity index is 2.60. The first kappa shape index (κ1) is 15.8. The van der Waals surface area contributed by atoms with Crippen molar-refractivity contribution < 1.29 is 9.90 Å². The summed E-state index contributed by atoms with van der Waals surface area (Å²) in [5.41, 5.74) is 0.405. The highest BCUT2D eigenvalue weighted by Gasteiger charge is 2.20. The minimum absolute atomic E-state index is 0.298. The molecule has 1 aromatic carbocycles. The molecule has 1 rings (SSSR count). The van der Waals surface area contributed by atoms with Gasteiger partial charge in [-0.05, 0) is 45.4 Å². The highest BCUT2D eigenvalue weighted by Crippen LogP contribution is 2.19. The van der Waals surface area contributed by atoms with E-state index in [4.69, 9.17) is 11.6 Å². The number of urea groups is 1. The maximum Gasteiger partial charge on any atom is 0.315 e. The van der Waals surface area contributed by atoms with Crippen molar-refractivity contribution in [3.8, 4) is 0 Å². The van der Waals surface area contributed by atoms with Gasteiger partial charge < -0.3 is 15.7 Å². The Morgan fingerprint density at radius 3 is 2.26 bits per heavy atom. The average Bonchev–Trinajstić information content (AvgIpc) is 2.26. The van der Waals surface area contributed by atoms with Crippen molar-refractivity contribution in [1.82, 2.24) is 10.6 Å². The van der Waals surface area contributed by atoms with Crippen LogP contribution in [0.4, 0.5) is 4.79 Å². The normalized spacial score (nSPS) is 14.6. The van der Waals surface area contributed by atoms with Crippen LogP contribution in [0.25, 0.3) is 0 Å². The Hall–Kier alpha value is -1.26. The topological polar surface area (TPSA) is 61.4 Å². The molecule has 4 nitrogen and oxygen atoms in total. The van der Waals surface area contributed by atoms with Crippen LogP contribution in [-0.4, -0.2) is 22.7 Å². The number of rotatable bonds is 3.